The topological polar surface area (TPSA) is 173 Å². The van der Waals surface area contributed by atoms with Gasteiger partial charge >= 0.3 is 12.1 Å². The number of nitrogens with one attached hydrogen (secondary N) is 2. The quantitative estimate of drug-likeness (QED) is 0.167. The van der Waals surface area contributed by atoms with Gasteiger partial charge in [0.15, 0.2) is 5.72 Å². The van der Waals surface area contributed by atoms with Crippen LogP contribution in [0.1, 0.15) is 99.5 Å². The minimum absolute atomic E-state index is 0.0129. The summed E-state index contributed by atoms with van der Waals surface area (Å²) in [7, 11) is 6.13. The molecule has 4 rings (SSSR count). The number of rotatable bonds is 14. The van der Waals surface area contributed by atoms with Crippen molar-refractivity contribution >= 4 is 58.8 Å². The van der Waals surface area contributed by atoms with Crippen molar-refractivity contribution in [1.82, 2.24) is 15.5 Å². The lowest BCUT2D eigenvalue weighted by Crippen LogP contribution is -2.63. The largest absolute Gasteiger partial charge is 0.495 e. The number of amides is 4. The molecule has 1 saturated heterocycles. The molecule has 8 atom stereocenters. The summed E-state index contributed by atoms with van der Waals surface area (Å²) in [5.74, 6) is -0.717. The Morgan fingerprint density at radius 1 is 1.18 bits per heavy atom. The summed E-state index contributed by atoms with van der Waals surface area (Å²) >= 11 is 8.31. The van der Waals surface area contributed by atoms with Crippen LogP contribution in [0, 0.1) is 23.2 Å². The van der Waals surface area contributed by atoms with E-state index < -0.39 is 47.6 Å². The lowest BCUT2D eigenvalue weighted by Gasteiger charge is -2.42. The number of carbonyl (C=O) groups is 5. The maximum atomic E-state index is 14.3. The first-order chi connectivity index (χ1) is 28.9. The van der Waals surface area contributed by atoms with Gasteiger partial charge < -0.3 is 39.2 Å². The van der Waals surface area contributed by atoms with E-state index >= 15 is 0 Å². The summed E-state index contributed by atoms with van der Waals surface area (Å²) < 4.78 is 23.0. The van der Waals surface area contributed by atoms with Crippen LogP contribution in [0.4, 0.5) is 10.5 Å². The van der Waals surface area contributed by atoms with Crippen LogP contribution in [0.5, 0.6) is 5.75 Å². The molecule has 14 nitrogen and oxygen atoms in total. The summed E-state index contributed by atoms with van der Waals surface area (Å²) in [6.07, 6.45) is 4.24. The number of aliphatic hydroxyl groups is 1. The van der Waals surface area contributed by atoms with E-state index in [1.165, 1.54) is 35.8 Å². The minimum Gasteiger partial charge on any atom is -0.495 e. The van der Waals surface area contributed by atoms with E-state index in [2.05, 4.69) is 24.5 Å². The zero-order chi connectivity index (χ0) is 46.3. The molecule has 1 aliphatic carbocycles. The van der Waals surface area contributed by atoms with Crippen molar-refractivity contribution in [3.63, 3.8) is 0 Å². The second-order valence-corrected chi connectivity index (χ2v) is 20.6. The van der Waals surface area contributed by atoms with Gasteiger partial charge in [-0.05, 0) is 75.0 Å². The van der Waals surface area contributed by atoms with Crippen LogP contribution in [0.3, 0.4) is 0 Å². The van der Waals surface area contributed by atoms with Gasteiger partial charge in [-0.15, -0.1) is 11.8 Å². The number of esters is 1. The molecule has 0 radical (unpaired) electrons. The zero-order valence-corrected chi connectivity index (χ0v) is 40.2. The summed E-state index contributed by atoms with van der Waals surface area (Å²) in [5.41, 5.74) is -0.368. The molecule has 3 N–H and O–H groups in total. The number of ether oxygens (including phenoxy) is 4. The van der Waals surface area contributed by atoms with E-state index in [0.29, 0.717) is 43.2 Å². The molecule has 16 heteroatoms. The van der Waals surface area contributed by atoms with E-state index in [1.807, 2.05) is 46.8 Å². The van der Waals surface area contributed by atoms with Gasteiger partial charge in [0.1, 0.15) is 35.1 Å². The van der Waals surface area contributed by atoms with Gasteiger partial charge in [-0.2, -0.15) is 0 Å². The van der Waals surface area contributed by atoms with Gasteiger partial charge in [0.05, 0.1) is 25.0 Å². The molecule has 4 amide bonds. The number of anilines is 1. The third kappa shape index (κ3) is 12.9. The second kappa shape index (κ2) is 21.3. The molecule has 2 heterocycles. The normalized spacial score (nSPS) is 28.7. The molecule has 2 fully saturated rings. The number of hydrogen-bond donors (Lipinski definition) is 3. The number of benzene rings is 1. The lowest BCUT2D eigenvalue weighted by molar-refractivity contribution is -0.163. The fourth-order valence-electron chi connectivity index (χ4n) is 8.24. The fraction of sp³-hybridized carbons (Fsp3) is 0.674. The number of methoxy groups -OCH3 is 2. The Kier molecular flexibility index (Phi) is 17.4. The smallest absolute Gasteiger partial charge is 0.409 e. The van der Waals surface area contributed by atoms with Crippen LogP contribution in [-0.4, -0.2) is 115 Å². The molecule has 0 aromatic heterocycles. The Labute approximate surface area is 377 Å². The second-order valence-electron chi connectivity index (χ2n) is 18.6. The number of thioether (sulfide) groups is 1. The first-order valence-electron chi connectivity index (χ1n) is 21.5. The highest BCUT2D eigenvalue weighted by atomic mass is 35.5. The predicted molar refractivity (Wildman–Crippen MR) is 242 cm³/mol. The highest BCUT2D eigenvalue weighted by Crippen LogP contribution is 2.61. The first-order valence-corrected chi connectivity index (χ1v) is 22.9. The van der Waals surface area contributed by atoms with Crippen molar-refractivity contribution in [2.45, 2.75) is 135 Å². The average Bonchev–Trinajstić information content (AvgIpc) is 3.90. The monoisotopic (exact) mass is 904 g/mol. The van der Waals surface area contributed by atoms with Crippen molar-refractivity contribution in [2.75, 3.05) is 45.5 Å². The maximum absolute atomic E-state index is 14.3. The molecule has 4 bridgehead atoms. The van der Waals surface area contributed by atoms with Gasteiger partial charge in [-0.25, -0.2) is 9.59 Å². The van der Waals surface area contributed by atoms with Crippen molar-refractivity contribution in [3.05, 3.63) is 46.5 Å². The Bertz CT molecular complexity index is 1870. The highest BCUT2D eigenvalue weighted by Gasteiger charge is 2.62. The van der Waals surface area contributed by atoms with Crippen molar-refractivity contribution in [1.29, 1.82) is 0 Å². The summed E-state index contributed by atoms with van der Waals surface area (Å²) in [5, 5.41) is 17.6. The zero-order valence-electron chi connectivity index (χ0n) is 38.6. The van der Waals surface area contributed by atoms with Crippen molar-refractivity contribution in [2.24, 2.45) is 23.2 Å². The third-order valence-corrected chi connectivity index (χ3v) is 14.6. The fourth-order valence-corrected chi connectivity index (χ4v) is 9.43. The summed E-state index contributed by atoms with van der Waals surface area (Å²) in [6, 6.07) is 2.64. The number of carbonyl (C=O) groups excluding carboxylic acids is 5. The third-order valence-electron chi connectivity index (χ3n) is 12.8. The Morgan fingerprint density at radius 3 is 2.52 bits per heavy atom. The van der Waals surface area contributed by atoms with Crippen LogP contribution in [0.2, 0.25) is 5.02 Å². The van der Waals surface area contributed by atoms with Crippen LogP contribution in [0.15, 0.2) is 35.9 Å². The van der Waals surface area contributed by atoms with Gasteiger partial charge in [0, 0.05) is 50.8 Å². The molecule has 1 aromatic carbocycles. The van der Waals surface area contributed by atoms with Crippen LogP contribution in [0.25, 0.3) is 0 Å². The summed E-state index contributed by atoms with van der Waals surface area (Å²) in [4.78, 5) is 70.1. The molecular formula is C46H69ClN4O10S. The van der Waals surface area contributed by atoms with E-state index in [9.17, 15) is 29.1 Å². The van der Waals surface area contributed by atoms with Crippen molar-refractivity contribution in [3.8, 4) is 5.75 Å². The molecular weight excluding hydrogens is 836 g/mol. The van der Waals surface area contributed by atoms with E-state index in [-0.39, 0.29) is 64.3 Å². The predicted octanol–water partition coefficient (Wildman–Crippen LogP) is 6.84. The number of nitrogens with zero attached hydrogens (tertiary/aromatic N) is 2. The number of fused-ring (bicyclic) bond motifs is 5. The summed E-state index contributed by atoms with van der Waals surface area (Å²) in [6.45, 7) is 16.2. The lowest BCUT2D eigenvalue weighted by atomic mass is 9.83. The molecule has 2 aliphatic heterocycles. The number of halogens is 1. The molecule has 0 unspecified atom stereocenters. The minimum atomic E-state index is -1.79. The van der Waals surface area contributed by atoms with E-state index in [4.69, 9.17) is 30.5 Å². The first kappa shape index (κ1) is 50.9. The van der Waals surface area contributed by atoms with Crippen LogP contribution < -0.4 is 20.3 Å². The van der Waals surface area contributed by atoms with Crippen LogP contribution in [-0.2, 0) is 39.8 Å². The van der Waals surface area contributed by atoms with Gasteiger partial charge in [0.25, 0.3) is 0 Å². The molecule has 62 heavy (non-hydrogen) atoms. The average molecular weight is 906 g/mol. The van der Waals surface area contributed by atoms with E-state index in [0.717, 1.165) is 17.6 Å². The maximum Gasteiger partial charge on any atom is 0.409 e. The van der Waals surface area contributed by atoms with Gasteiger partial charge in [0.2, 0.25) is 17.7 Å². The number of likely N-dealkylation sites (N-methyl/N-ethyl adjacent to an activating group) is 1. The van der Waals surface area contributed by atoms with E-state index in [1.54, 1.807) is 39.2 Å². The standard InChI is InChI=1S/C46H69ClN4O10S/c1-27(2)17-19-48-38(52)26-62-44(6,7)18-16-39(53)50(9)30(5)42(55)61-37-23-40(54)51(10)33-21-31(22-34(58-11)41(33)47)20-28(3)14-13-15-36(59-12)46(57)25-35(60-43(56)49-46)29(4)32-24-45(32,37)8/h13-15,21-22,27,29-30,32,35-37,57H,16-20,23-26H2,1-12H3,(H,48,52)(H,49,56)/b15-13+,28-14+/t29-,30-,32-,35-,36+,37-,45-,46-/m0/s1. The van der Waals surface area contributed by atoms with Crippen LogP contribution >= 0.6 is 23.4 Å². The Morgan fingerprint density at radius 2 is 1.87 bits per heavy atom. The molecule has 346 valence electrons. The number of alkyl carbamates (subject to hydrolysis) is 1. The molecule has 0 spiro atoms. The van der Waals surface area contributed by atoms with Gasteiger partial charge in [-0.3, -0.25) is 19.7 Å². The number of hydrogen-bond acceptors (Lipinski definition) is 11. The SMILES string of the molecule is COc1cc2cc(c1Cl)N(C)C(=O)C[C@H](OC(=O)[C@H](C)N(C)C(=O)CCC(C)(C)SCC(=O)NCCC(C)C)[C@@]1(C)C[C@H]1[C@H](C)[C@@H]1C[C@@](O)(NC(=O)O1)[C@H](OC)/C=C/C=C(\C)C2. The molecule has 1 saturated carbocycles. The van der Waals surface area contributed by atoms with Crippen molar-refractivity contribution < 1.29 is 48.0 Å². The van der Waals surface area contributed by atoms with Gasteiger partial charge in [-0.1, -0.05) is 76.9 Å². The Hall–Kier alpha value is -3.79. The number of allylic oxidation sites excluding steroid dienone is 3. The Balaban J connectivity index is 1.59. The highest BCUT2D eigenvalue weighted by molar-refractivity contribution is 8.01. The molecule has 1 aromatic rings. The molecule has 3 aliphatic rings.